The van der Waals surface area contributed by atoms with E-state index in [0.717, 1.165) is 23.1 Å². The molecule has 2 nitrogen and oxygen atoms in total. The Labute approximate surface area is 85.5 Å². The zero-order chi connectivity index (χ0) is 9.26. The molecule has 1 aromatic carbocycles. The number of halogens is 1. The van der Waals surface area contributed by atoms with Gasteiger partial charge in [-0.2, -0.15) is 0 Å². The van der Waals surface area contributed by atoms with Crippen molar-refractivity contribution in [1.29, 1.82) is 0 Å². The second kappa shape index (κ2) is 3.60. The molecule has 0 aromatic heterocycles. The number of Topliss-reactive ketones (excluding diaryl/α,β-unsaturated/α-hetero) is 1. The summed E-state index contributed by atoms with van der Waals surface area (Å²) < 4.78 is 0.895. The predicted molar refractivity (Wildman–Crippen MR) is 54.8 cm³/mol. The first-order chi connectivity index (χ1) is 6.29. The number of carbonyl (C=O) groups is 1. The van der Waals surface area contributed by atoms with Gasteiger partial charge in [0.1, 0.15) is 0 Å². The predicted octanol–water partition coefficient (Wildman–Crippen LogP) is 1.85. The zero-order valence-corrected chi connectivity index (χ0v) is 8.67. The van der Waals surface area contributed by atoms with E-state index in [0.29, 0.717) is 0 Å². The Balaban J connectivity index is 2.24. The largest absolute Gasteiger partial charge is 0.315 e. The average molecular weight is 240 g/mol. The first-order valence-corrected chi connectivity index (χ1v) is 5.08. The molecule has 0 atom stereocenters. The molecule has 1 aliphatic heterocycles. The van der Waals surface area contributed by atoms with Gasteiger partial charge in [-0.05, 0) is 6.07 Å². The van der Waals surface area contributed by atoms with Gasteiger partial charge in [0, 0.05) is 29.0 Å². The maximum absolute atomic E-state index is 11.8. The van der Waals surface area contributed by atoms with Crippen LogP contribution in [0.25, 0.3) is 0 Å². The van der Waals surface area contributed by atoms with Crippen LogP contribution in [0.3, 0.4) is 0 Å². The zero-order valence-electron chi connectivity index (χ0n) is 7.09. The lowest BCUT2D eigenvalue weighted by molar-refractivity contribution is 0.0877. The van der Waals surface area contributed by atoms with Crippen molar-refractivity contribution in [2.45, 2.75) is 0 Å². The Bertz CT molecular complexity index is 333. The minimum atomic E-state index is 0.179. The van der Waals surface area contributed by atoms with Gasteiger partial charge in [-0.25, -0.2) is 0 Å². The molecule has 0 bridgehead atoms. The van der Waals surface area contributed by atoms with E-state index in [9.17, 15) is 4.79 Å². The van der Waals surface area contributed by atoms with Gasteiger partial charge in [-0.15, -0.1) is 0 Å². The van der Waals surface area contributed by atoms with Gasteiger partial charge in [0.2, 0.25) is 0 Å². The maximum atomic E-state index is 11.8. The average Bonchev–Trinajstić information content (AvgIpc) is 2.01. The third kappa shape index (κ3) is 1.67. The molecule has 1 heterocycles. The van der Waals surface area contributed by atoms with E-state index in [1.165, 1.54) is 0 Å². The molecule has 1 aliphatic rings. The van der Waals surface area contributed by atoms with Gasteiger partial charge in [0.25, 0.3) is 0 Å². The summed E-state index contributed by atoms with van der Waals surface area (Å²) in [5, 5.41) is 3.10. The quantitative estimate of drug-likeness (QED) is 0.799. The van der Waals surface area contributed by atoms with Gasteiger partial charge >= 0.3 is 0 Å². The first kappa shape index (κ1) is 8.91. The SMILES string of the molecule is O=C(c1ccccc1Br)C1CNC1. The number of ketones is 1. The molecule has 2 rings (SSSR count). The van der Waals surface area contributed by atoms with Crippen LogP contribution in [-0.2, 0) is 0 Å². The van der Waals surface area contributed by atoms with Crippen molar-refractivity contribution in [2.75, 3.05) is 13.1 Å². The van der Waals surface area contributed by atoms with Crippen LogP contribution in [0.5, 0.6) is 0 Å². The van der Waals surface area contributed by atoms with Crippen molar-refractivity contribution >= 4 is 21.7 Å². The van der Waals surface area contributed by atoms with E-state index in [-0.39, 0.29) is 11.7 Å². The van der Waals surface area contributed by atoms with E-state index >= 15 is 0 Å². The van der Waals surface area contributed by atoms with Crippen molar-refractivity contribution in [3.05, 3.63) is 34.3 Å². The van der Waals surface area contributed by atoms with Gasteiger partial charge in [-0.3, -0.25) is 4.79 Å². The van der Waals surface area contributed by atoms with E-state index in [4.69, 9.17) is 0 Å². The highest BCUT2D eigenvalue weighted by Gasteiger charge is 2.26. The van der Waals surface area contributed by atoms with Crippen molar-refractivity contribution in [2.24, 2.45) is 5.92 Å². The fourth-order valence-electron chi connectivity index (χ4n) is 1.36. The molecule has 1 saturated heterocycles. The fraction of sp³-hybridized carbons (Fsp3) is 0.300. The summed E-state index contributed by atoms with van der Waals surface area (Å²) >= 11 is 3.38. The van der Waals surface area contributed by atoms with Crippen LogP contribution in [0.4, 0.5) is 0 Å². The molecule has 3 heteroatoms. The Morgan fingerprint density at radius 1 is 1.38 bits per heavy atom. The van der Waals surface area contributed by atoms with E-state index in [2.05, 4.69) is 21.2 Å². The van der Waals surface area contributed by atoms with Gasteiger partial charge in [0.05, 0.1) is 0 Å². The molecular weight excluding hydrogens is 230 g/mol. The standard InChI is InChI=1S/C10H10BrNO/c11-9-4-2-1-3-8(9)10(13)7-5-12-6-7/h1-4,7,12H,5-6H2. The van der Waals surface area contributed by atoms with E-state index in [1.807, 2.05) is 24.3 Å². The van der Waals surface area contributed by atoms with Gasteiger partial charge in [0.15, 0.2) is 5.78 Å². The van der Waals surface area contributed by atoms with Crippen molar-refractivity contribution in [3.8, 4) is 0 Å². The van der Waals surface area contributed by atoms with Crippen LogP contribution >= 0.6 is 15.9 Å². The lowest BCUT2D eigenvalue weighted by atomic mass is 9.93. The molecule has 1 N–H and O–H groups in total. The molecule has 1 aromatic rings. The monoisotopic (exact) mass is 239 g/mol. The Morgan fingerprint density at radius 2 is 2.08 bits per heavy atom. The second-order valence-corrected chi connectivity index (χ2v) is 4.05. The summed E-state index contributed by atoms with van der Waals surface area (Å²) in [6, 6.07) is 7.58. The van der Waals surface area contributed by atoms with E-state index in [1.54, 1.807) is 0 Å². The van der Waals surface area contributed by atoms with Gasteiger partial charge < -0.3 is 5.32 Å². The molecule has 0 aliphatic carbocycles. The number of rotatable bonds is 2. The highest BCUT2D eigenvalue weighted by Crippen LogP contribution is 2.20. The molecule has 0 unspecified atom stereocenters. The normalized spacial score (nSPS) is 16.7. The fourth-order valence-corrected chi connectivity index (χ4v) is 1.84. The molecule has 0 radical (unpaired) electrons. The molecule has 68 valence electrons. The molecule has 0 amide bonds. The van der Waals surface area contributed by atoms with Crippen LogP contribution in [-0.4, -0.2) is 18.9 Å². The molecular formula is C10H10BrNO. The van der Waals surface area contributed by atoms with Gasteiger partial charge in [-0.1, -0.05) is 34.1 Å². The number of nitrogens with one attached hydrogen (secondary N) is 1. The van der Waals surface area contributed by atoms with Crippen molar-refractivity contribution < 1.29 is 4.79 Å². The smallest absolute Gasteiger partial charge is 0.169 e. The van der Waals surface area contributed by atoms with Crippen LogP contribution < -0.4 is 5.32 Å². The lowest BCUT2D eigenvalue weighted by Crippen LogP contribution is -2.46. The van der Waals surface area contributed by atoms with Crippen LogP contribution in [0.1, 0.15) is 10.4 Å². The highest BCUT2D eigenvalue weighted by molar-refractivity contribution is 9.10. The van der Waals surface area contributed by atoms with Crippen LogP contribution in [0.2, 0.25) is 0 Å². The minimum Gasteiger partial charge on any atom is -0.315 e. The third-order valence-electron chi connectivity index (χ3n) is 2.29. The molecule has 0 saturated carbocycles. The summed E-state index contributed by atoms with van der Waals surface area (Å²) in [4.78, 5) is 11.8. The number of hydrogen-bond acceptors (Lipinski definition) is 2. The number of benzene rings is 1. The van der Waals surface area contributed by atoms with E-state index < -0.39 is 0 Å². The maximum Gasteiger partial charge on any atom is 0.169 e. The molecule has 1 fully saturated rings. The third-order valence-corrected chi connectivity index (χ3v) is 2.98. The summed E-state index contributed by atoms with van der Waals surface area (Å²) in [5.74, 6) is 0.421. The molecule has 13 heavy (non-hydrogen) atoms. The number of carbonyl (C=O) groups excluding carboxylic acids is 1. The first-order valence-electron chi connectivity index (χ1n) is 4.28. The minimum absolute atomic E-state index is 0.179. The molecule has 0 spiro atoms. The van der Waals surface area contributed by atoms with Crippen LogP contribution in [0.15, 0.2) is 28.7 Å². The van der Waals surface area contributed by atoms with Crippen molar-refractivity contribution in [1.82, 2.24) is 5.32 Å². The van der Waals surface area contributed by atoms with Crippen molar-refractivity contribution in [3.63, 3.8) is 0 Å². The Morgan fingerprint density at radius 3 is 2.62 bits per heavy atom. The summed E-state index contributed by atoms with van der Waals surface area (Å²) in [5.41, 5.74) is 0.800. The summed E-state index contributed by atoms with van der Waals surface area (Å²) in [6.45, 7) is 1.64. The number of hydrogen-bond donors (Lipinski definition) is 1. The Hall–Kier alpha value is -0.670. The summed E-state index contributed by atoms with van der Waals surface area (Å²) in [7, 11) is 0. The lowest BCUT2D eigenvalue weighted by Gasteiger charge is -2.25. The highest BCUT2D eigenvalue weighted by atomic mass is 79.9. The summed E-state index contributed by atoms with van der Waals surface area (Å²) in [6.07, 6.45) is 0. The van der Waals surface area contributed by atoms with Crippen LogP contribution in [0, 0.1) is 5.92 Å². The topological polar surface area (TPSA) is 29.1 Å². The second-order valence-electron chi connectivity index (χ2n) is 3.20. The Kier molecular flexibility index (Phi) is 2.47.